The van der Waals surface area contributed by atoms with Crippen LogP contribution in [0, 0.1) is 10.1 Å². The number of non-ortho nitro benzene ring substituents is 1. The molecular formula is C20H15ClN4O4. The molecule has 0 aliphatic carbocycles. The lowest BCUT2D eigenvalue weighted by Crippen LogP contribution is -2.26. The van der Waals surface area contributed by atoms with Crippen molar-refractivity contribution in [2.75, 3.05) is 11.9 Å². The molecule has 2 aromatic heterocycles. The lowest BCUT2D eigenvalue weighted by molar-refractivity contribution is -0.384. The van der Waals surface area contributed by atoms with E-state index in [0.717, 1.165) is 21.4 Å². The number of aromatic nitrogens is 2. The fourth-order valence-electron chi connectivity index (χ4n) is 3.02. The second-order valence-electron chi connectivity index (χ2n) is 6.44. The number of benzene rings is 2. The van der Waals surface area contributed by atoms with Crippen LogP contribution in [-0.2, 0) is 6.54 Å². The zero-order valence-corrected chi connectivity index (χ0v) is 16.0. The molecule has 146 valence electrons. The third-order valence-electron chi connectivity index (χ3n) is 4.49. The quantitative estimate of drug-likeness (QED) is 0.362. The van der Waals surface area contributed by atoms with E-state index in [4.69, 9.17) is 16.0 Å². The van der Waals surface area contributed by atoms with Gasteiger partial charge < -0.3 is 9.32 Å². The molecular weight excluding hydrogens is 396 g/mol. The summed E-state index contributed by atoms with van der Waals surface area (Å²) in [5.74, 6) is 0.726. The molecule has 0 aliphatic rings. The van der Waals surface area contributed by atoms with Crippen LogP contribution in [0.25, 0.3) is 16.7 Å². The van der Waals surface area contributed by atoms with Crippen molar-refractivity contribution in [1.82, 2.24) is 9.78 Å². The molecule has 0 unspecified atom stereocenters. The molecule has 0 atom stereocenters. The number of para-hydroxylation sites is 1. The number of fused-ring (bicyclic) bond motifs is 1. The van der Waals surface area contributed by atoms with Gasteiger partial charge in [0.1, 0.15) is 16.4 Å². The molecule has 4 rings (SSSR count). The second kappa shape index (κ2) is 7.40. The summed E-state index contributed by atoms with van der Waals surface area (Å²) in [6.45, 7) is 0.400. The molecule has 0 bridgehead atoms. The number of anilines is 1. The van der Waals surface area contributed by atoms with Crippen LogP contribution in [0.5, 0.6) is 0 Å². The van der Waals surface area contributed by atoms with Crippen LogP contribution >= 0.6 is 11.6 Å². The fraction of sp³-hybridized carbons (Fsp3) is 0.100. The largest absolute Gasteiger partial charge is 0.459 e. The second-order valence-corrected chi connectivity index (χ2v) is 6.82. The minimum atomic E-state index is -0.519. The van der Waals surface area contributed by atoms with Gasteiger partial charge >= 0.3 is 0 Å². The van der Waals surface area contributed by atoms with Crippen LogP contribution in [0.4, 0.5) is 11.4 Å². The van der Waals surface area contributed by atoms with Gasteiger partial charge in [-0.1, -0.05) is 29.8 Å². The summed E-state index contributed by atoms with van der Waals surface area (Å²) in [7, 11) is 1.78. The van der Waals surface area contributed by atoms with Crippen molar-refractivity contribution in [2.45, 2.75) is 6.54 Å². The molecule has 0 saturated heterocycles. The molecule has 8 nitrogen and oxygen atoms in total. The third-order valence-corrected chi connectivity index (χ3v) is 4.84. The zero-order chi connectivity index (χ0) is 20.5. The van der Waals surface area contributed by atoms with Gasteiger partial charge in [0.05, 0.1) is 29.0 Å². The summed E-state index contributed by atoms with van der Waals surface area (Å²) in [4.78, 5) is 24.7. The molecule has 0 amide bonds. The Bertz CT molecular complexity index is 1230. The molecule has 0 fully saturated rings. The Kier molecular flexibility index (Phi) is 4.77. The topological polar surface area (TPSA) is 94.4 Å². The molecule has 4 aromatic rings. The molecule has 0 aliphatic heterocycles. The van der Waals surface area contributed by atoms with Crippen molar-refractivity contribution >= 4 is 33.9 Å². The van der Waals surface area contributed by atoms with E-state index in [9.17, 15) is 14.9 Å². The Morgan fingerprint density at radius 3 is 2.62 bits per heavy atom. The highest BCUT2D eigenvalue weighted by molar-refractivity contribution is 6.33. The van der Waals surface area contributed by atoms with E-state index in [0.29, 0.717) is 17.9 Å². The van der Waals surface area contributed by atoms with E-state index >= 15 is 0 Å². The van der Waals surface area contributed by atoms with Crippen molar-refractivity contribution in [3.63, 3.8) is 0 Å². The molecule has 0 N–H and O–H groups in total. The summed E-state index contributed by atoms with van der Waals surface area (Å²) < 4.78 is 6.91. The first kappa shape index (κ1) is 18.7. The monoisotopic (exact) mass is 410 g/mol. The third kappa shape index (κ3) is 3.57. The minimum Gasteiger partial charge on any atom is -0.459 e. The van der Waals surface area contributed by atoms with Crippen LogP contribution in [0.15, 0.2) is 70.0 Å². The average molecular weight is 411 g/mol. The van der Waals surface area contributed by atoms with Gasteiger partial charge in [-0.05, 0) is 24.3 Å². The van der Waals surface area contributed by atoms with E-state index in [1.54, 1.807) is 11.9 Å². The van der Waals surface area contributed by atoms with Crippen molar-refractivity contribution in [2.24, 2.45) is 0 Å². The normalized spacial score (nSPS) is 11.0. The van der Waals surface area contributed by atoms with Gasteiger partial charge in [0.15, 0.2) is 0 Å². The predicted octanol–water partition coefficient (Wildman–Crippen LogP) is 4.18. The fourth-order valence-corrected chi connectivity index (χ4v) is 3.30. The first-order valence-electron chi connectivity index (χ1n) is 8.65. The van der Waals surface area contributed by atoms with Crippen LogP contribution < -0.4 is 10.5 Å². The van der Waals surface area contributed by atoms with Gasteiger partial charge in [-0.3, -0.25) is 14.9 Å². The van der Waals surface area contributed by atoms with Gasteiger partial charge in [0.2, 0.25) is 0 Å². The Hall–Kier alpha value is -3.65. The van der Waals surface area contributed by atoms with Gasteiger partial charge in [-0.2, -0.15) is 9.78 Å². The molecule has 0 saturated carbocycles. The highest BCUT2D eigenvalue weighted by Crippen LogP contribution is 2.25. The average Bonchev–Trinajstić information content (AvgIpc) is 3.12. The predicted molar refractivity (Wildman–Crippen MR) is 110 cm³/mol. The number of nitro groups is 1. The Labute approximate surface area is 169 Å². The van der Waals surface area contributed by atoms with E-state index in [2.05, 4.69) is 5.10 Å². The van der Waals surface area contributed by atoms with E-state index in [1.165, 1.54) is 30.5 Å². The maximum absolute atomic E-state index is 12.7. The van der Waals surface area contributed by atoms with Crippen molar-refractivity contribution in [3.8, 4) is 5.69 Å². The molecule has 29 heavy (non-hydrogen) atoms. The van der Waals surface area contributed by atoms with Gasteiger partial charge in [-0.25, -0.2) is 0 Å². The van der Waals surface area contributed by atoms with Gasteiger partial charge in [0, 0.05) is 24.6 Å². The summed E-state index contributed by atoms with van der Waals surface area (Å²) in [5.41, 5.74) is 1.03. The molecule has 0 radical (unpaired) electrons. The number of halogens is 1. The van der Waals surface area contributed by atoms with E-state index in [1.807, 2.05) is 30.3 Å². The Morgan fingerprint density at radius 2 is 1.93 bits per heavy atom. The van der Waals surface area contributed by atoms with Gasteiger partial charge in [-0.15, -0.1) is 0 Å². The van der Waals surface area contributed by atoms with Crippen LogP contribution in [0.1, 0.15) is 5.76 Å². The first-order chi connectivity index (χ1) is 13.9. The highest BCUT2D eigenvalue weighted by atomic mass is 35.5. The summed E-state index contributed by atoms with van der Waals surface area (Å²) >= 11 is 6.32. The van der Waals surface area contributed by atoms with Crippen molar-refractivity contribution < 1.29 is 9.34 Å². The summed E-state index contributed by atoms with van der Waals surface area (Å²) in [5, 5.41) is 15.9. The SMILES string of the molecule is CN(Cc1cc2ccccc2o1)c1cnn(-c2ccc([N+](=O)[O-])cc2)c(=O)c1Cl. The number of hydrogen-bond acceptors (Lipinski definition) is 6. The highest BCUT2D eigenvalue weighted by Gasteiger charge is 2.16. The standard InChI is InChI=1S/C20H15ClN4O4/c1-23(12-16-10-13-4-2-3-5-18(13)29-16)17-11-22-24(20(26)19(17)21)14-6-8-15(9-7-14)25(27)28/h2-11H,12H2,1H3. The zero-order valence-electron chi connectivity index (χ0n) is 15.3. The Balaban J connectivity index is 1.62. The number of furan rings is 1. The van der Waals surface area contributed by atoms with Crippen molar-refractivity contribution in [1.29, 1.82) is 0 Å². The number of rotatable bonds is 5. The van der Waals surface area contributed by atoms with Crippen LogP contribution in [0.2, 0.25) is 5.02 Å². The van der Waals surface area contributed by atoms with E-state index in [-0.39, 0.29) is 10.7 Å². The van der Waals surface area contributed by atoms with Crippen LogP contribution in [-0.4, -0.2) is 21.8 Å². The van der Waals surface area contributed by atoms with Gasteiger partial charge in [0.25, 0.3) is 11.2 Å². The van der Waals surface area contributed by atoms with E-state index < -0.39 is 10.5 Å². The van der Waals surface area contributed by atoms with Crippen LogP contribution in [0.3, 0.4) is 0 Å². The number of hydrogen-bond donors (Lipinski definition) is 0. The molecule has 9 heteroatoms. The maximum atomic E-state index is 12.7. The minimum absolute atomic E-state index is 0.00281. The number of nitrogens with zero attached hydrogens (tertiary/aromatic N) is 4. The summed E-state index contributed by atoms with van der Waals surface area (Å²) in [6, 6.07) is 15.1. The maximum Gasteiger partial charge on any atom is 0.292 e. The molecule has 0 spiro atoms. The Morgan fingerprint density at radius 1 is 1.21 bits per heavy atom. The molecule has 2 aromatic carbocycles. The van der Waals surface area contributed by atoms with Crippen molar-refractivity contribution in [3.05, 3.63) is 92.0 Å². The number of nitro benzene ring substituents is 1. The summed E-state index contributed by atoms with van der Waals surface area (Å²) in [6.07, 6.45) is 1.48. The first-order valence-corrected chi connectivity index (χ1v) is 9.03. The smallest absolute Gasteiger partial charge is 0.292 e. The molecule has 2 heterocycles. The lowest BCUT2D eigenvalue weighted by atomic mass is 10.2. The lowest BCUT2D eigenvalue weighted by Gasteiger charge is -2.19.